The van der Waals surface area contributed by atoms with Crippen molar-refractivity contribution in [2.45, 2.75) is 46.0 Å². The van der Waals surface area contributed by atoms with Crippen LogP contribution in [0.2, 0.25) is 0 Å². The number of nitrogens with one attached hydrogen (secondary N) is 2. The molecule has 1 spiro atoms. The van der Waals surface area contributed by atoms with Crippen molar-refractivity contribution in [3.05, 3.63) is 47.2 Å². The summed E-state index contributed by atoms with van der Waals surface area (Å²) in [5.41, 5.74) is 3.90. The number of carbonyl (C=O) groups excluding carboxylic acids is 1. The molecule has 1 aromatic heterocycles. The number of cyclic esters (lactones) is 1. The molecule has 1 amide bonds. The summed E-state index contributed by atoms with van der Waals surface area (Å²) in [4.78, 5) is 25.3. The summed E-state index contributed by atoms with van der Waals surface area (Å²) in [6, 6.07) is 8.76. The zero-order valence-corrected chi connectivity index (χ0v) is 18.4. The first-order valence-corrected chi connectivity index (χ1v) is 11.0. The smallest absolute Gasteiger partial charge is 0.416 e. The zero-order chi connectivity index (χ0) is 21.6. The Labute approximate surface area is 183 Å². The second-order valence-electron chi connectivity index (χ2n) is 9.42. The first-order chi connectivity index (χ1) is 14.9. The molecule has 164 valence electrons. The molecule has 1 aromatic carbocycles. The Morgan fingerprint density at radius 3 is 2.58 bits per heavy atom. The predicted molar refractivity (Wildman–Crippen MR) is 119 cm³/mol. The van der Waals surface area contributed by atoms with Crippen molar-refractivity contribution in [2.24, 2.45) is 5.41 Å². The molecule has 0 aliphatic carbocycles. The average Bonchev–Trinajstić information content (AvgIpc) is 2.68. The topological polar surface area (TPSA) is 82.6 Å². The van der Waals surface area contributed by atoms with Gasteiger partial charge in [-0.3, -0.25) is 9.80 Å². The number of fused-ring (bicyclic) bond motifs is 1. The van der Waals surface area contributed by atoms with E-state index in [0.29, 0.717) is 17.2 Å². The van der Waals surface area contributed by atoms with Crippen LogP contribution < -0.4 is 15.5 Å². The standard InChI is InChI=1S/C23H30N6O2/c1-15(2)29-20-19(10-31-22(29)30)8-25-21(27-20)26-16(3)18-6-4-17(5-7-18)9-28-13-23(14-28)11-24-12-23/h4-8,15-16,24H,9-14H2,1-3H3,(H,25,26,27)/t16-/m0/s1. The van der Waals surface area contributed by atoms with Crippen molar-refractivity contribution < 1.29 is 9.53 Å². The molecule has 3 aliphatic rings. The van der Waals surface area contributed by atoms with E-state index in [9.17, 15) is 4.79 Å². The molecule has 2 fully saturated rings. The van der Waals surface area contributed by atoms with E-state index >= 15 is 0 Å². The van der Waals surface area contributed by atoms with Gasteiger partial charge in [-0.1, -0.05) is 24.3 Å². The number of hydrogen-bond acceptors (Lipinski definition) is 7. The molecule has 2 aromatic rings. The molecule has 2 saturated heterocycles. The van der Waals surface area contributed by atoms with E-state index < -0.39 is 0 Å². The summed E-state index contributed by atoms with van der Waals surface area (Å²) >= 11 is 0. The van der Waals surface area contributed by atoms with Crippen LogP contribution in [0.1, 0.15) is 43.5 Å². The summed E-state index contributed by atoms with van der Waals surface area (Å²) in [6.45, 7) is 12.0. The molecule has 0 radical (unpaired) electrons. The highest BCUT2D eigenvalue weighted by molar-refractivity contribution is 5.89. The molecule has 8 heteroatoms. The molecule has 1 atom stereocenters. The van der Waals surface area contributed by atoms with Gasteiger partial charge in [-0.15, -0.1) is 0 Å². The van der Waals surface area contributed by atoms with Crippen LogP contribution in [0.15, 0.2) is 30.5 Å². The minimum atomic E-state index is -0.363. The largest absolute Gasteiger partial charge is 0.444 e. The van der Waals surface area contributed by atoms with Crippen molar-refractivity contribution >= 4 is 17.9 Å². The highest BCUT2D eigenvalue weighted by Crippen LogP contribution is 2.35. The average molecular weight is 423 g/mol. The van der Waals surface area contributed by atoms with Crippen LogP contribution >= 0.6 is 0 Å². The van der Waals surface area contributed by atoms with E-state index in [4.69, 9.17) is 4.74 Å². The summed E-state index contributed by atoms with van der Waals surface area (Å²) in [5.74, 6) is 1.14. The van der Waals surface area contributed by atoms with Gasteiger partial charge in [-0.2, -0.15) is 4.98 Å². The lowest BCUT2D eigenvalue weighted by atomic mass is 9.74. The van der Waals surface area contributed by atoms with Crippen molar-refractivity contribution in [2.75, 3.05) is 36.4 Å². The van der Waals surface area contributed by atoms with E-state index in [1.54, 1.807) is 11.1 Å². The van der Waals surface area contributed by atoms with Crippen LogP contribution in [0, 0.1) is 5.41 Å². The second-order valence-corrected chi connectivity index (χ2v) is 9.42. The normalized spacial score (nSPS) is 20.6. The molecular weight excluding hydrogens is 392 g/mol. The van der Waals surface area contributed by atoms with Gasteiger partial charge in [-0.25, -0.2) is 9.78 Å². The van der Waals surface area contributed by atoms with Crippen LogP contribution in [-0.4, -0.2) is 53.2 Å². The number of ether oxygens (including phenoxy) is 1. The fourth-order valence-corrected chi connectivity index (χ4v) is 4.69. The Balaban J connectivity index is 1.23. The molecule has 8 nitrogen and oxygen atoms in total. The number of nitrogens with zero attached hydrogens (tertiary/aromatic N) is 4. The number of amides is 1. The van der Waals surface area contributed by atoms with Gasteiger partial charge in [0.15, 0.2) is 0 Å². The third-order valence-corrected chi connectivity index (χ3v) is 6.48. The van der Waals surface area contributed by atoms with Crippen LogP contribution in [0.25, 0.3) is 0 Å². The number of hydrogen-bond donors (Lipinski definition) is 2. The van der Waals surface area contributed by atoms with Gasteiger partial charge in [0.05, 0.1) is 11.6 Å². The Bertz CT molecular complexity index is 965. The number of rotatable bonds is 6. The van der Waals surface area contributed by atoms with Crippen LogP contribution in [-0.2, 0) is 17.9 Å². The molecule has 2 N–H and O–H groups in total. The minimum absolute atomic E-state index is 0.0406. The lowest BCUT2D eigenvalue weighted by Crippen LogP contribution is -2.70. The number of anilines is 2. The number of aromatic nitrogens is 2. The molecule has 3 aliphatic heterocycles. The zero-order valence-electron chi connectivity index (χ0n) is 18.4. The molecule has 31 heavy (non-hydrogen) atoms. The Kier molecular flexibility index (Phi) is 5.06. The highest BCUT2D eigenvalue weighted by atomic mass is 16.6. The Morgan fingerprint density at radius 2 is 1.94 bits per heavy atom. The van der Waals surface area contributed by atoms with Gasteiger partial charge in [0.2, 0.25) is 5.95 Å². The molecule has 0 unspecified atom stereocenters. The monoisotopic (exact) mass is 422 g/mol. The van der Waals surface area contributed by atoms with Crippen LogP contribution in [0.5, 0.6) is 0 Å². The molecule has 0 bridgehead atoms. The number of likely N-dealkylation sites (tertiary alicyclic amines) is 1. The quantitative estimate of drug-likeness (QED) is 0.741. The maximum absolute atomic E-state index is 12.2. The Hall–Kier alpha value is -2.71. The third-order valence-electron chi connectivity index (χ3n) is 6.48. The van der Waals surface area contributed by atoms with Gasteiger partial charge in [0, 0.05) is 50.4 Å². The number of carbonyl (C=O) groups is 1. The summed E-state index contributed by atoms with van der Waals surface area (Å²) in [7, 11) is 0. The summed E-state index contributed by atoms with van der Waals surface area (Å²) in [6.07, 6.45) is 1.37. The molecule has 4 heterocycles. The molecule has 5 rings (SSSR count). The van der Waals surface area contributed by atoms with Gasteiger partial charge in [0.1, 0.15) is 12.4 Å². The second kappa shape index (κ2) is 7.76. The van der Waals surface area contributed by atoms with Gasteiger partial charge in [0.25, 0.3) is 0 Å². The number of benzene rings is 1. The van der Waals surface area contributed by atoms with Crippen molar-refractivity contribution in [3.63, 3.8) is 0 Å². The lowest BCUT2D eigenvalue weighted by Gasteiger charge is -2.56. The van der Waals surface area contributed by atoms with E-state index in [2.05, 4.69) is 56.7 Å². The van der Waals surface area contributed by atoms with Gasteiger partial charge < -0.3 is 15.4 Å². The van der Waals surface area contributed by atoms with Crippen molar-refractivity contribution in [3.8, 4) is 0 Å². The predicted octanol–water partition coefficient (Wildman–Crippen LogP) is 2.92. The summed E-state index contributed by atoms with van der Waals surface area (Å²) < 4.78 is 5.22. The maximum atomic E-state index is 12.2. The maximum Gasteiger partial charge on any atom is 0.416 e. The summed E-state index contributed by atoms with van der Waals surface area (Å²) in [5, 5.41) is 6.76. The SMILES string of the molecule is CC(C)N1C(=O)OCc2cnc(N[C@@H](C)c3ccc(CN4CC5(CNC5)C4)cc3)nc21. The highest BCUT2D eigenvalue weighted by Gasteiger charge is 2.47. The molecular formula is C23H30N6O2. The fraction of sp³-hybridized carbons (Fsp3) is 0.522. The van der Waals surface area contributed by atoms with E-state index in [-0.39, 0.29) is 24.8 Å². The minimum Gasteiger partial charge on any atom is -0.444 e. The Morgan fingerprint density at radius 1 is 1.19 bits per heavy atom. The fourth-order valence-electron chi connectivity index (χ4n) is 4.69. The lowest BCUT2D eigenvalue weighted by molar-refractivity contribution is -0.0444. The van der Waals surface area contributed by atoms with Crippen molar-refractivity contribution in [1.29, 1.82) is 0 Å². The van der Waals surface area contributed by atoms with Gasteiger partial charge in [-0.05, 0) is 31.9 Å². The van der Waals surface area contributed by atoms with Gasteiger partial charge >= 0.3 is 6.09 Å². The van der Waals surface area contributed by atoms with Crippen LogP contribution in [0.4, 0.5) is 16.6 Å². The third kappa shape index (κ3) is 3.85. The van der Waals surface area contributed by atoms with E-state index in [1.807, 2.05) is 13.8 Å². The first kappa shape index (κ1) is 20.2. The first-order valence-electron chi connectivity index (χ1n) is 11.0. The van der Waals surface area contributed by atoms with E-state index in [0.717, 1.165) is 12.1 Å². The van der Waals surface area contributed by atoms with Crippen LogP contribution in [0.3, 0.4) is 0 Å². The van der Waals surface area contributed by atoms with E-state index in [1.165, 1.54) is 37.3 Å². The van der Waals surface area contributed by atoms with Crippen molar-refractivity contribution in [1.82, 2.24) is 20.2 Å². The molecule has 0 saturated carbocycles.